The average Bonchev–Trinajstić information content (AvgIpc) is 2.64. The molecule has 0 saturated carbocycles. The average molecular weight is 241 g/mol. The quantitative estimate of drug-likeness (QED) is 0.769. The molecule has 102 valence electrons. The van der Waals surface area contributed by atoms with Crippen molar-refractivity contribution in [3.05, 3.63) is 0 Å². The van der Waals surface area contributed by atoms with Crippen molar-refractivity contribution in [2.24, 2.45) is 11.1 Å². The van der Waals surface area contributed by atoms with E-state index in [1.165, 1.54) is 32.5 Å². The highest BCUT2D eigenvalue weighted by Crippen LogP contribution is 2.28. The molecule has 0 aromatic rings. The molecule has 0 aromatic carbocycles. The number of likely N-dealkylation sites (N-methyl/N-ethyl adjacent to an activating group) is 1. The van der Waals surface area contributed by atoms with E-state index >= 15 is 0 Å². The normalized spacial score (nSPS) is 19.2. The lowest BCUT2D eigenvalue weighted by atomic mass is 9.75. The zero-order chi connectivity index (χ0) is 13.1. The van der Waals surface area contributed by atoms with Gasteiger partial charge in [0.25, 0.3) is 0 Å². The zero-order valence-corrected chi connectivity index (χ0v) is 12.4. The van der Waals surface area contributed by atoms with Crippen LogP contribution in [0.1, 0.15) is 40.5 Å². The predicted octanol–water partition coefficient (Wildman–Crippen LogP) is 1.78. The van der Waals surface area contributed by atoms with Gasteiger partial charge in [-0.25, -0.2) is 0 Å². The molecule has 17 heavy (non-hydrogen) atoms. The maximum absolute atomic E-state index is 6.24. The van der Waals surface area contributed by atoms with E-state index in [4.69, 9.17) is 5.73 Å². The fourth-order valence-electron chi connectivity index (χ4n) is 2.28. The van der Waals surface area contributed by atoms with E-state index in [1.54, 1.807) is 0 Å². The van der Waals surface area contributed by atoms with Crippen LogP contribution >= 0.6 is 0 Å². The molecular formula is C14H31N3. The van der Waals surface area contributed by atoms with Crippen LogP contribution in [0.25, 0.3) is 0 Å². The van der Waals surface area contributed by atoms with Gasteiger partial charge in [-0.05, 0) is 52.2 Å². The van der Waals surface area contributed by atoms with Gasteiger partial charge in [0.15, 0.2) is 0 Å². The minimum atomic E-state index is -0.130. The highest BCUT2D eigenvalue weighted by atomic mass is 15.2. The van der Waals surface area contributed by atoms with Gasteiger partial charge >= 0.3 is 0 Å². The van der Waals surface area contributed by atoms with Crippen molar-refractivity contribution in [2.45, 2.75) is 46.1 Å². The van der Waals surface area contributed by atoms with Gasteiger partial charge in [0, 0.05) is 25.2 Å². The van der Waals surface area contributed by atoms with E-state index in [-0.39, 0.29) is 11.0 Å². The first-order valence-corrected chi connectivity index (χ1v) is 6.92. The summed E-state index contributed by atoms with van der Waals surface area (Å²) in [4.78, 5) is 4.99. The van der Waals surface area contributed by atoms with Crippen molar-refractivity contribution >= 4 is 0 Å². The molecule has 3 heteroatoms. The monoisotopic (exact) mass is 241 g/mol. The van der Waals surface area contributed by atoms with Crippen LogP contribution in [-0.4, -0.2) is 55.1 Å². The van der Waals surface area contributed by atoms with Crippen LogP contribution in [0.4, 0.5) is 0 Å². The molecule has 0 aliphatic carbocycles. The van der Waals surface area contributed by atoms with E-state index in [0.717, 1.165) is 13.1 Å². The Kier molecular flexibility index (Phi) is 4.99. The molecule has 1 saturated heterocycles. The third-order valence-electron chi connectivity index (χ3n) is 4.41. The summed E-state index contributed by atoms with van der Waals surface area (Å²) >= 11 is 0. The predicted molar refractivity (Wildman–Crippen MR) is 75.2 cm³/mol. The Morgan fingerprint density at radius 1 is 1.12 bits per heavy atom. The van der Waals surface area contributed by atoms with Crippen LogP contribution in [-0.2, 0) is 0 Å². The Morgan fingerprint density at radius 3 is 2.12 bits per heavy atom. The molecule has 0 unspecified atom stereocenters. The molecule has 0 amide bonds. The topological polar surface area (TPSA) is 32.5 Å². The van der Waals surface area contributed by atoms with Crippen LogP contribution in [0, 0.1) is 5.41 Å². The van der Waals surface area contributed by atoms with Gasteiger partial charge in [-0.15, -0.1) is 0 Å². The minimum absolute atomic E-state index is 0.130. The van der Waals surface area contributed by atoms with Gasteiger partial charge in [-0.1, -0.05) is 13.8 Å². The van der Waals surface area contributed by atoms with Crippen LogP contribution in [0.5, 0.6) is 0 Å². The Bertz CT molecular complexity index is 224. The summed E-state index contributed by atoms with van der Waals surface area (Å²) < 4.78 is 0. The lowest BCUT2D eigenvalue weighted by Gasteiger charge is -2.41. The molecule has 2 N–H and O–H groups in total. The third-order valence-corrected chi connectivity index (χ3v) is 4.41. The summed E-state index contributed by atoms with van der Waals surface area (Å²) in [5.41, 5.74) is 6.26. The lowest BCUT2D eigenvalue weighted by molar-refractivity contribution is 0.123. The molecule has 1 rings (SSSR count). The fraction of sp³-hybridized carbons (Fsp3) is 1.00. The first kappa shape index (κ1) is 14.9. The maximum Gasteiger partial charge on any atom is 0.0161 e. The number of likely N-dealkylation sites (tertiary alicyclic amines) is 1. The Morgan fingerprint density at radius 2 is 1.65 bits per heavy atom. The van der Waals surface area contributed by atoms with E-state index in [1.807, 2.05) is 0 Å². The Hall–Kier alpha value is -0.120. The number of rotatable bonds is 6. The molecule has 0 spiro atoms. The van der Waals surface area contributed by atoms with Crippen molar-refractivity contribution in [3.8, 4) is 0 Å². The van der Waals surface area contributed by atoms with Crippen LogP contribution in [0.3, 0.4) is 0 Å². The molecular weight excluding hydrogens is 210 g/mol. The summed E-state index contributed by atoms with van der Waals surface area (Å²) in [6.45, 7) is 14.8. The van der Waals surface area contributed by atoms with Gasteiger partial charge in [-0.2, -0.15) is 0 Å². The van der Waals surface area contributed by atoms with Crippen LogP contribution < -0.4 is 5.73 Å². The Labute approximate surface area is 107 Å². The van der Waals surface area contributed by atoms with Gasteiger partial charge in [0.05, 0.1) is 0 Å². The highest BCUT2D eigenvalue weighted by Gasteiger charge is 2.34. The zero-order valence-electron chi connectivity index (χ0n) is 12.4. The van der Waals surface area contributed by atoms with Crippen LogP contribution in [0.2, 0.25) is 0 Å². The van der Waals surface area contributed by atoms with Gasteiger partial charge in [0.1, 0.15) is 0 Å². The first-order valence-electron chi connectivity index (χ1n) is 6.92. The summed E-state index contributed by atoms with van der Waals surface area (Å²) in [7, 11) is 2.21. The minimum Gasteiger partial charge on any atom is -0.325 e. The van der Waals surface area contributed by atoms with Crippen molar-refractivity contribution < 1.29 is 0 Å². The number of nitrogens with two attached hydrogens (primary N) is 1. The van der Waals surface area contributed by atoms with Crippen molar-refractivity contribution in [1.29, 1.82) is 0 Å². The molecule has 0 radical (unpaired) electrons. The van der Waals surface area contributed by atoms with Gasteiger partial charge in [0.2, 0.25) is 0 Å². The second-order valence-corrected chi connectivity index (χ2v) is 6.89. The fourth-order valence-corrected chi connectivity index (χ4v) is 2.28. The standard InChI is InChI=1S/C14H31N3/c1-13(2,14(3,4)15)12-16(5)10-11-17-8-6-7-9-17/h6-12,15H2,1-5H3. The van der Waals surface area contributed by atoms with Crippen molar-refractivity contribution in [3.63, 3.8) is 0 Å². The SMILES string of the molecule is CN(CCN1CCCC1)CC(C)(C)C(C)(C)N. The number of hydrogen-bond donors (Lipinski definition) is 1. The molecule has 1 aliphatic heterocycles. The molecule has 0 aromatic heterocycles. The summed E-state index contributed by atoms with van der Waals surface area (Å²) in [6, 6.07) is 0. The second-order valence-electron chi connectivity index (χ2n) is 6.89. The largest absolute Gasteiger partial charge is 0.325 e. The molecule has 1 aliphatic rings. The van der Waals surface area contributed by atoms with E-state index < -0.39 is 0 Å². The summed E-state index contributed by atoms with van der Waals surface area (Å²) in [5.74, 6) is 0. The molecule has 3 nitrogen and oxygen atoms in total. The van der Waals surface area contributed by atoms with Gasteiger partial charge in [-0.3, -0.25) is 0 Å². The molecule has 0 atom stereocenters. The van der Waals surface area contributed by atoms with E-state index in [9.17, 15) is 0 Å². The van der Waals surface area contributed by atoms with Crippen molar-refractivity contribution in [1.82, 2.24) is 9.80 Å². The lowest BCUT2D eigenvalue weighted by Crippen LogP contribution is -2.53. The molecule has 0 bridgehead atoms. The first-order chi connectivity index (χ1) is 7.72. The smallest absolute Gasteiger partial charge is 0.0161 e. The Balaban J connectivity index is 2.30. The third kappa shape index (κ3) is 4.57. The van der Waals surface area contributed by atoms with E-state index in [2.05, 4.69) is 44.5 Å². The molecule has 1 heterocycles. The summed E-state index contributed by atoms with van der Waals surface area (Å²) in [6.07, 6.45) is 2.76. The number of hydrogen-bond acceptors (Lipinski definition) is 3. The highest BCUT2D eigenvalue weighted by molar-refractivity contribution is 4.91. The second kappa shape index (κ2) is 5.68. The summed E-state index contributed by atoms with van der Waals surface area (Å²) in [5, 5.41) is 0. The van der Waals surface area contributed by atoms with Gasteiger partial charge < -0.3 is 15.5 Å². The maximum atomic E-state index is 6.24. The van der Waals surface area contributed by atoms with Crippen molar-refractivity contribution in [2.75, 3.05) is 39.8 Å². The van der Waals surface area contributed by atoms with Crippen LogP contribution in [0.15, 0.2) is 0 Å². The molecule has 1 fully saturated rings. The van der Waals surface area contributed by atoms with E-state index in [0.29, 0.717) is 0 Å². The number of nitrogens with zero attached hydrogens (tertiary/aromatic N) is 2.